The van der Waals surface area contributed by atoms with E-state index in [4.69, 9.17) is 9.47 Å². The molecule has 0 spiro atoms. The van der Waals surface area contributed by atoms with E-state index in [0.717, 1.165) is 11.3 Å². The zero-order valence-corrected chi connectivity index (χ0v) is 18.9. The van der Waals surface area contributed by atoms with Crippen molar-refractivity contribution in [3.63, 3.8) is 0 Å². The van der Waals surface area contributed by atoms with Crippen LogP contribution in [0.1, 0.15) is 41.2 Å². The van der Waals surface area contributed by atoms with Crippen LogP contribution in [0.2, 0.25) is 0 Å². The standard InChI is InChI=1S/C18H26N4O6S2/c1-4-21-16(19-22(18(21)24)10-11-27-2)13-5-8-20(9-6-13)30(25,26)14-7-12-29-15(14)17(23)28-3/h7,12-13H,4-6,8-11H2,1-3H3. The molecule has 12 heteroatoms. The van der Waals surface area contributed by atoms with E-state index in [2.05, 4.69) is 5.10 Å². The average molecular weight is 459 g/mol. The van der Waals surface area contributed by atoms with Crippen molar-refractivity contribution in [2.75, 3.05) is 33.9 Å². The molecule has 166 valence electrons. The van der Waals surface area contributed by atoms with Crippen molar-refractivity contribution in [1.29, 1.82) is 0 Å². The highest BCUT2D eigenvalue weighted by atomic mass is 32.2. The molecule has 2 aromatic rings. The van der Waals surface area contributed by atoms with Gasteiger partial charge in [0, 0.05) is 32.7 Å². The Kier molecular flexibility index (Phi) is 7.11. The minimum absolute atomic E-state index is 0.0181. The summed E-state index contributed by atoms with van der Waals surface area (Å²) in [5.41, 5.74) is -0.180. The maximum absolute atomic E-state index is 13.1. The van der Waals surface area contributed by atoms with Gasteiger partial charge in [-0.2, -0.15) is 9.40 Å². The summed E-state index contributed by atoms with van der Waals surface area (Å²) in [5, 5.41) is 6.05. The van der Waals surface area contributed by atoms with Gasteiger partial charge in [-0.05, 0) is 31.2 Å². The molecule has 0 atom stereocenters. The first-order valence-electron chi connectivity index (χ1n) is 9.67. The largest absolute Gasteiger partial charge is 0.465 e. The molecule has 0 aromatic carbocycles. The molecule has 1 aliphatic rings. The van der Waals surface area contributed by atoms with E-state index in [0.29, 0.717) is 38.4 Å². The number of piperidine rings is 1. The van der Waals surface area contributed by atoms with Crippen LogP contribution in [0.15, 0.2) is 21.1 Å². The van der Waals surface area contributed by atoms with Crippen LogP contribution in [0, 0.1) is 0 Å². The van der Waals surface area contributed by atoms with Crippen molar-refractivity contribution in [3.8, 4) is 0 Å². The number of methoxy groups -OCH3 is 2. The summed E-state index contributed by atoms with van der Waals surface area (Å²) in [6, 6.07) is 1.44. The van der Waals surface area contributed by atoms with Gasteiger partial charge in [-0.3, -0.25) is 4.57 Å². The minimum atomic E-state index is -3.81. The van der Waals surface area contributed by atoms with E-state index in [1.807, 2.05) is 6.92 Å². The highest BCUT2D eigenvalue weighted by Crippen LogP contribution is 2.32. The lowest BCUT2D eigenvalue weighted by atomic mass is 9.97. The van der Waals surface area contributed by atoms with Gasteiger partial charge in [0.15, 0.2) is 0 Å². The molecule has 3 rings (SSSR count). The number of aromatic nitrogens is 3. The van der Waals surface area contributed by atoms with Gasteiger partial charge in [-0.1, -0.05) is 0 Å². The summed E-state index contributed by atoms with van der Waals surface area (Å²) < 4.78 is 40.3. The molecule has 1 aliphatic heterocycles. The molecule has 30 heavy (non-hydrogen) atoms. The third kappa shape index (κ3) is 4.22. The number of esters is 1. The van der Waals surface area contributed by atoms with Crippen LogP contribution in [-0.4, -0.2) is 67.0 Å². The molecule has 2 aromatic heterocycles. The SMILES string of the molecule is CCn1c(C2CCN(S(=O)(=O)c3ccsc3C(=O)OC)CC2)nn(CCOC)c1=O. The number of nitrogens with zero attached hydrogens (tertiary/aromatic N) is 4. The number of carbonyl (C=O) groups excluding carboxylic acids is 1. The smallest absolute Gasteiger partial charge is 0.349 e. The molecule has 0 N–H and O–H groups in total. The number of thiophene rings is 1. The Morgan fingerprint density at radius 3 is 2.60 bits per heavy atom. The zero-order valence-electron chi connectivity index (χ0n) is 17.2. The van der Waals surface area contributed by atoms with E-state index < -0.39 is 16.0 Å². The van der Waals surface area contributed by atoms with Crippen molar-refractivity contribution in [2.24, 2.45) is 0 Å². The fourth-order valence-corrected chi connectivity index (χ4v) is 6.39. The van der Waals surface area contributed by atoms with Gasteiger partial charge in [-0.25, -0.2) is 22.7 Å². The van der Waals surface area contributed by atoms with E-state index >= 15 is 0 Å². The average Bonchev–Trinajstić information content (AvgIpc) is 3.37. The van der Waals surface area contributed by atoms with Gasteiger partial charge >= 0.3 is 11.7 Å². The van der Waals surface area contributed by atoms with E-state index in [1.165, 1.54) is 22.2 Å². The Morgan fingerprint density at radius 2 is 2.00 bits per heavy atom. The molecule has 0 radical (unpaired) electrons. The number of rotatable bonds is 8. The number of ether oxygens (including phenoxy) is 2. The first kappa shape index (κ1) is 22.7. The second-order valence-electron chi connectivity index (χ2n) is 6.88. The molecule has 3 heterocycles. The van der Waals surface area contributed by atoms with Crippen LogP contribution in [0.4, 0.5) is 0 Å². The molecule has 10 nitrogen and oxygen atoms in total. The molecular weight excluding hydrogens is 432 g/mol. The van der Waals surface area contributed by atoms with E-state index in [1.54, 1.807) is 17.1 Å². The van der Waals surface area contributed by atoms with Crippen molar-refractivity contribution in [1.82, 2.24) is 18.7 Å². The van der Waals surface area contributed by atoms with Gasteiger partial charge in [-0.15, -0.1) is 11.3 Å². The Hall–Kier alpha value is -2.02. The predicted molar refractivity (Wildman–Crippen MR) is 110 cm³/mol. The molecule has 0 unspecified atom stereocenters. The van der Waals surface area contributed by atoms with Crippen molar-refractivity contribution in [3.05, 3.63) is 32.6 Å². The Balaban J connectivity index is 1.78. The van der Waals surface area contributed by atoms with Gasteiger partial charge < -0.3 is 9.47 Å². The molecule has 0 bridgehead atoms. The first-order chi connectivity index (χ1) is 14.3. The van der Waals surface area contributed by atoms with Crippen LogP contribution < -0.4 is 5.69 Å². The maximum atomic E-state index is 13.1. The lowest BCUT2D eigenvalue weighted by Crippen LogP contribution is -2.39. The lowest BCUT2D eigenvalue weighted by molar-refractivity contribution is 0.0602. The summed E-state index contributed by atoms with van der Waals surface area (Å²) >= 11 is 1.04. The normalized spacial score (nSPS) is 16.1. The molecule has 0 amide bonds. The van der Waals surface area contributed by atoms with E-state index in [9.17, 15) is 18.0 Å². The first-order valence-corrected chi connectivity index (χ1v) is 12.0. The van der Waals surface area contributed by atoms with Crippen molar-refractivity contribution in [2.45, 2.75) is 43.7 Å². The molecule has 0 saturated carbocycles. The van der Waals surface area contributed by atoms with Crippen LogP contribution >= 0.6 is 11.3 Å². The summed E-state index contributed by atoms with van der Waals surface area (Å²) in [6.07, 6.45) is 1.08. The number of hydrogen-bond acceptors (Lipinski definition) is 8. The summed E-state index contributed by atoms with van der Waals surface area (Å²) in [6.45, 7) is 3.71. The fraction of sp³-hybridized carbons (Fsp3) is 0.611. The van der Waals surface area contributed by atoms with Gasteiger partial charge in [0.05, 0.1) is 20.3 Å². The Bertz CT molecular complexity index is 1050. The molecule has 0 aliphatic carbocycles. The third-order valence-corrected chi connectivity index (χ3v) is 8.18. The molecule has 1 fully saturated rings. The highest BCUT2D eigenvalue weighted by molar-refractivity contribution is 7.89. The topological polar surface area (TPSA) is 113 Å². The Labute approximate surface area is 179 Å². The summed E-state index contributed by atoms with van der Waals surface area (Å²) in [4.78, 5) is 24.5. The number of sulfonamides is 1. The maximum Gasteiger partial charge on any atom is 0.349 e. The molecular formula is C18H26N4O6S2. The van der Waals surface area contributed by atoms with Gasteiger partial charge in [0.25, 0.3) is 0 Å². The van der Waals surface area contributed by atoms with Gasteiger partial charge in [0.1, 0.15) is 15.6 Å². The highest BCUT2D eigenvalue weighted by Gasteiger charge is 2.35. The summed E-state index contributed by atoms with van der Waals surface area (Å²) in [5.74, 6) is 0.00361. The van der Waals surface area contributed by atoms with Crippen molar-refractivity contribution >= 4 is 27.3 Å². The number of carbonyl (C=O) groups is 1. The quantitative estimate of drug-likeness (QED) is 0.545. The van der Waals surface area contributed by atoms with Crippen LogP contribution in [0.5, 0.6) is 0 Å². The second kappa shape index (κ2) is 9.41. The van der Waals surface area contributed by atoms with Crippen LogP contribution in [0.3, 0.4) is 0 Å². The zero-order chi connectivity index (χ0) is 21.9. The fourth-order valence-electron chi connectivity index (χ4n) is 3.62. The van der Waals surface area contributed by atoms with Gasteiger partial charge in [0.2, 0.25) is 10.0 Å². The monoisotopic (exact) mass is 458 g/mol. The number of hydrogen-bond donors (Lipinski definition) is 0. The predicted octanol–water partition coefficient (Wildman–Crippen LogP) is 1.13. The van der Waals surface area contributed by atoms with E-state index in [-0.39, 0.29) is 34.5 Å². The Morgan fingerprint density at radius 1 is 1.30 bits per heavy atom. The molecule has 1 saturated heterocycles. The van der Waals surface area contributed by atoms with Crippen LogP contribution in [0.25, 0.3) is 0 Å². The summed E-state index contributed by atoms with van der Waals surface area (Å²) in [7, 11) is -1.02. The van der Waals surface area contributed by atoms with Crippen molar-refractivity contribution < 1.29 is 22.7 Å². The second-order valence-corrected chi connectivity index (χ2v) is 9.71. The van der Waals surface area contributed by atoms with Crippen LogP contribution in [-0.2, 0) is 32.6 Å². The minimum Gasteiger partial charge on any atom is -0.465 e. The lowest BCUT2D eigenvalue weighted by Gasteiger charge is -2.30. The third-order valence-electron chi connectivity index (χ3n) is 5.21.